The highest BCUT2D eigenvalue weighted by Crippen LogP contribution is 2.24. The molecule has 1 aromatic heterocycles. The average molecular weight is 250 g/mol. The summed E-state index contributed by atoms with van der Waals surface area (Å²) in [5, 5.41) is 10.7. The lowest BCUT2D eigenvalue weighted by molar-refractivity contribution is -0.385. The minimum absolute atomic E-state index is 0.0699. The van der Waals surface area contributed by atoms with Crippen LogP contribution in [-0.4, -0.2) is 29.0 Å². The van der Waals surface area contributed by atoms with Crippen LogP contribution in [-0.2, 0) is 0 Å². The maximum Gasteiger partial charge on any atom is 0.290 e. The summed E-state index contributed by atoms with van der Waals surface area (Å²) in [5.74, 6) is 1.22. The Labute approximate surface area is 106 Å². The summed E-state index contributed by atoms with van der Waals surface area (Å²) < 4.78 is 0. The summed E-state index contributed by atoms with van der Waals surface area (Å²) in [7, 11) is 0. The molecule has 0 saturated carbocycles. The van der Waals surface area contributed by atoms with Gasteiger partial charge in [-0.1, -0.05) is 6.92 Å². The Morgan fingerprint density at radius 2 is 2.28 bits per heavy atom. The maximum atomic E-state index is 10.7. The number of aromatic nitrogens is 1. The van der Waals surface area contributed by atoms with E-state index < -0.39 is 4.92 Å². The Bertz CT molecular complexity index is 463. The number of hydrogen-bond acceptors (Lipinski definition) is 5. The summed E-state index contributed by atoms with van der Waals surface area (Å²) in [6.45, 7) is 5.50. The monoisotopic (exact) mass is 250 g/mol. The largest absolute Gasteiger partial charge is 0.356 e. The van der Waals surface area contributed by atoms with Gasteiger partial charge in [-0.05, 0) is 25.3 Å². The van der Waals surface area contributed by atoms with E-state index in [-0.39, 0.29) is 11.7 Å². The molecular formula is C12H18N4O2. The van der Waals surface area contributed by atoms with Crippen LogP contribution in [0.2, 0.25) is 0 Å². The Morgan fingerprint density at radius 1 is 1.56 bits per heavy atom. The van der Waals surface area contributed by atoms with Crippen LogP contribution in [0, 0.1) is 23.0 Å². The van der Waals surface area contributed by atoms with Crippen molar-refractivity contribution in [3.8, 4) is 0 Å². The van der Waals surface area contributed by atoms with Crippen molar-refractivity contribution in [3.63, 3.8) is 0 Å². The molecule has 2 N–H and O–H groups in total. The van der Waals surface area contributed by atoms with Gasteiger partial charge in [-0.25, -0.2) is 4.98 Å². The molecule has 2 atom stereocenters. The molecule has 2 rings (SSSR count). The van der Waals surface area contributed by atoms with Crippen molar-refractivity contribution in [3.05, 3.63) is 27.9 Å². The van der Waals surface area contributed by atoms with Gasteiger partial charge in [0.05, 0.1) is 4.92 Å². The smallest absolute Gasteiger partial charge is 0.290 e. The third-order valence-electron chi connectivity index (χ3n) is 3.54. The van der Waals surface area contributed by atoms with Crippen LogP contribution in [0.4, 0.5) is 11.5 Å². The fourth-order valence-corrected chi connectivity index (χ4v) is 2.28. The van der Waals surface area contributed by atoms with Crippen molar-refractivity contribution in [1.82, 2.24) is 4.98 Å². The van der Waals surface area contributed by atoms with E-state index in [1.54, 1.807) is 13.0 Å². The van der Waals surface area contributed by atoms with Gasteiger partial charge >= 0.3 is 0 Å². The van der Waals surface area contributed by atoms with Crippen molar-refractivity contribution in [2.75, 3.05) is 18.0 Å². The van der Waals surface area contributed by atoms with Crippen molar-refractivity contribution in [2.24, 2.45) is 11.7 Å². The molecule has 2 unspecified atom stereocenters. The zero-order chi connectivity index (χ0) is 13.3. The van der Waals surface area contributed by atoms with Crippen LogP contribution < -0.4 is 10.6 Å². The number of nitrogens with zero attached hydrogens (tertiary/aromatic N) is 3. The van der Waals surface area contributed by atoms with E-state index in [9.17, 15) is 10.1 Å². The Hall–Kier alpha value is -1.69. The van der Waals surface area contributed by atoms with Gasteiger partial charge in [-0.3, -0.25) is 10.1 Å². The quantitative estimate of drug-likeness (QED) is 0.634. The van der Waals surface area contributed by atoms with Gasteiger partial charge in [0.15, 0.2) is 0 Å². The van der Waals surface area contributed by atoms with Crippen molar-refractivity contribution in [2.45, 2.75) is 26.3 Å². The normalized spacial score (nSPS) is 24.1. The minimum atomic E-state index is -0.402. The molecule has 0 amide bonds. The summed E-state index contributed by atoms with van der Waals surface area (Å²) >= 11 is 0. The van der Waals surface area contributed by atoms with E-state index in [0.29, 0.717) is 11.6 Å². The van der Waals surface area contributed by atoms with Crippen molar-refractivity contribution in [1.29, 1.82) is 0 Å². The number of nitro groups is 1. The lowest BCUT2D eigenvalue weighted by Crippen LogP contribution is -2.46. The summed E-state index contributed by atoms with van der Waals surface area (Å²) in [4.78, 5) is 16.8. The highest BCUT2D eigenvalue weighted by atomic mass is 16.6. The molecular weight excluding hydrogens is 232 g/mol. The predicted octanol–water partition coefficient (Wildman–Crippen LogP) is 1.47. The lowest BCUT2D eigenvalue weighted by Gasteiger charge is -2.35. The molecule has 0 radical (unpaired) electrons. The molecule has 0 aromatic carbocycles. The van der Waals surface area contributed by atoms with Gasteiger partial charge < -0.3 is 10.6 Å². The summed E-state index contributed by atoms with van der Waals surface area (Å²) in [6, 6.07) is 3.48. The van der Waals surface area contributed by atoms with Gasteiger partial charge in [0, 0.05) is 25.2 Å². The van der Waals surface area contributed by atoms with Gasteiger partial charge in [0.2, 0.25) is 0 Å². The predicted molar refractivity (Wildman–Crippen MR) is 69.6 cm³/mol. The first-order chi connectivity index (χ1) is 8.49. The second-order valence-corrected chi connectivity index (χ2v) is 4.91. The second kappa shape index (κ2) is 4.89. The zero-order valence-corrected chi connectivity index (χ0v) is 10.7. The molecule has 1 saturated heterocycles. The number of rotatable bonds is 2. The minimum Gasteiger partial charge on any atom is -0.356 e. The SMILES string of the molecule is Cc1nc(N2CCC(N)C(C)C2)ccc1[N+](=O)[O-]. The molecule has 1 fully saturated rings. The molecule has 0 spiro atoms. The third-order valence-corrected chi connectivity index (χ3v) is 3.54. The first kappa shape index (κ1) is 12.8. The average Bonchev–Trinajstić information content (AvgIpc) is 2.32. The Morgan fingerprint density at radius 3 is 2.83 bits per heavy atom. The number of hydrogen-bond donors (Lipinski definition) is 1. The highest BCUT2D eigenvalue weighted by Gasteiger charge is 2.24. The van der Waals surface area contributed by atoms with Crippen LogP contribution in [0.3, 0.4) is 0 Å². The van der Waals surface area contributed by atoms with Gasteiger partial charge in [-0.2, -0.15) is 0 Å². The first-order valence-corrected chi connectivity index (χ1v) is 6.11. The number of pyridine rings is 1. The van der Waals surface area contributed by atoms with Crippen molar-refractivity contribution >= 4 is 11.5 Å². The number of aryl methyl sites for hydroxylation is 1. The maximum absolute atomic E-state index is 10.7. The van der Waals surface area contributed by atoms with Crippen LogP contribution in [0.5, 0.6) is 0 Å². The van der Waals surface area contributed by atoms with Crippen LogP contribution >= 0.6 is 0 Å². The molecule has 98 valence electrons. The summed E-state index contributed by atoms with van der Waals surface area (Å²) in [5.41, 5.74) is 6.50. The Balaban J connectivity index is 2.19. The topological polar surface area (TPSA) is 85.3 Å². The fraction of sp³-hybridized carbons (Fsp3) is 0.583. The second-order valence-electron chi connectivity index (χ2n) is 4.91. The molecule has 0 aliphatic carbocycles. The molecule has 1 aliphatic rings. The number of anilines is 1. The third kappa shape index (κ3) is 2.43. The van der Waals surface area contributed by atoms with Crippen LogP contribution in [0.25, 0.3) is 0 Å². The number of piperidine rings is 1. The molecule has 6 nitrogen and oxygen atoms in total. The van der Waals surface area contributed by atoms with Gasteiger partial charge in [0.1, 0.15) is 11.5 Å². The molecule has 1 aromatic rings. The van der Waals surface area contributed by atoms with E-state index in [2.05, 4.69) is 16.8 Å². The molecule has 1 aliphatic heterocycles. The molecule has 2 heterocycles. The summed E-state index contributed by atoms with van der Waals surface area (Å²) in [6.07, 6.45) is 0.929. The highest BCUT2D eigenvalue weighted by molar-refractivity contribution is 5.47. The molecule has 0 bridgehead atoms. The van der Waals surface area contributed by atoms with E-state index >= 15 is 0 Å². The van der Waals surface area contributed by atoms with E-state index in [1.165, 1.54) is 6.07 Å². The van der Waals surface area contributed by atoms with E-state index in [0.717, 1.165) is 25.3 Å². The molecule has 6 heteroatoms. The fourth-order valence-electron chi connectivity index (χ4n) is 2.28. The molecule has 18 heavy (non-hydrogen) atoms. The Kier molecular flexibility index (Phi) is 3.47. The lowest BCUT2D eigenvalue weighted by atomic mass is 9.95. The standard InChI is InChI=1S/C12H18N4O2/c1-8-7-15(6-5-10(8)13)12-4-3-11(16(17)18)9(2)14-12/h3-4,8,10H,5-7,13H2,1-2H3. The van der Waals surface area contributed by atoms with Crippen LogP contribution in [0.15, 0.2) is 12.1 Å². The van der Waals surface area contributed by atoms with Gasteiger partial charge in [-0.15, -0.1) is 0 Å². The van der Waals surface area contributed by atoms with Gasteiger partial charge in [0.25, 0.3) is 5.69 Å². The van der Waals surface area contributed by atoms with Crippen LogP contribution in [0.1, 0.15) is 19.0 Å². The van der Waals surface area contributed by atoms with Crippen molar-refractivity contribution < 1.29 is 4.92 Å². The number of nitrogens with two attached hydrogens (primary N) is 1. The van der Waals surface area contributed by atoms with E-state index in [1.807, 2.05) is 0 Å². The first-order valence-electron chi connectivity index (χ1n) is 6.11. The van der Waals surface area contributed by atoms with E-state index in [4.69, 9.17) is 5.73 Å². The zero-order valence-electron chi connectivity index (χ0n) is 10.7.